The Bertz CT molecular complexity index is 1130. The summed E-state index contributed by atoms with van der Waals surface area (Å²) >= 11 is 0. The fraction of sp³-hybridized carbons (Fsp3) is 0.208. The van der Waals surface area contributed by atoms with Crippen molar-refractivity contribution in [2.45, 2.75) is 6.92 Å². The summed E-state index contributed by atoms with van der Waals surface area (Å²) in [4.78, 5) is 39.1. The van der Waals surface area contributed by atoms with Crippen LogP contribution in [0.3, 0.4) is 0 Å². The quantitative estimate of drug-likeness (QED) is 0.505. The summed E-state index contributed by atoms with van der Waals surface area (Å²) in [6.45, 7) is 1.66. The van der Waals surface area contributed by atoms with Gasteiger partial charge < -0.3 is 18.9 Å². The first-order chi connectivity index (χ1) is 15.4. The first-order valence-corrected chi connectivity index (χ1v) is 9.62. The van der Waals surface area contributed by atoms with E-state index in [1.165, 1.54) is 33.3 Å². The topological polar surface area (TPSA) is 91.4 Å². The average molecular weight is 437 g/mol. The Kier molecular flexibility index (Phi) is 6.63. The number of allylic oxidation sites excluding steroid dienone is 1. The number of rotatable bonds is 6. The van der Waals surface area contributed by atoms with Crippen LogP contribution in [0, 0.1) is 0 Å². The fourth-order valence-corrected chi connectivity index (χ4v) is 3.45. The minimum absolute atomic E-state index is 0.146. The van der Waals surface area contributed by atoms with Crippen LogP contribution in [0.1, 0.15) is 22.8 Å². The number of hydrogen-bond acceptors (Lipinski definition) is 7. The molecule has 8 nitrogen and oxygen atoms in total. The summed E-state index contributed by atoms with van der Waals surface area (Å²) in [6, 6.07) is 11.5. The van der Waals surface area contributed by atoms with E-state index in [4.69, 9.17) is 18.9 Å². The standard InChI is InChI=1S/C24H23NO7/c1-14-21(24(28)32-5)19(12-16-8-11-18(29-2)13-20(16)30-3)22(26)25(14)17-9-6-15(7-10-17)23(27)31-4/h6-13H,1-5H3. The molecule has 2 aromatic carbocycles. The number of anilines is 1. The molecule has 0 fully saturated rings. The lowest BCUT2D eigenvalue weighted by molar-refractivity contribution is -0.136. The number of benzene rings is 2. The third kappa shape index (κ3) is 4.07. The molecule has 1 aliphatic rings. The van der Waals surface area contributed by atoms with Gasteiger partial charge in [0.15, 0.2) is 0 Å². The van der Waals surface area contributed by atoms with Gasteiger partial charge >= 0.3 is 11.9 Å². The van der Waals surface area contributed by atoms with Gasteiger partial charge in [0, 0.05) is 23.0 Å². The number of methoxy groups -OCH3 is 4. The van der Waals surface area contributed by atoms with E-state index in [2.05, 4.69) is 0 Å². The molecular weight excluding hydrogens is 414 g/mol. The second-order valence-electron chi connectivity index (χ2n) is 6.80. The van der Waals surface area contributed by atoms with Crippen molar-refractivity contribution < 1.29 is 33.3 Å². The molecule has 8 heteroatoms. The Morgan fingerprint density at radius 3 is 2.09 bits per heavy atom. The molecule has 2 aromatic rings. The smallest absolute Gasteiger partial charge is 0.340 e. The van der Waals surface area contributed by atoms with E-state index in [1.54, 1.807) is 55.5 Å². The van der Waals surface area contributed by atoms with Crippen molar-refractivity contribution in [2.24, 2.45) is 0 Å². The SMILES string of the molecule is COC(=O)C1=C(C)N(c2ccc(C(=O)OC)cc2)C(=O)C1=Cc1ccc(OC)cc1OC. The maximum Gasteiger partial charge on any atom is 0.340 e. The summed E-state index contributed by atoms with van der Waals surface area (Å²) < 4.78 is 20.3. The molecule has 3 rings (SSSR count). The Morgan fingerprint density at radius 1 is 0.875 bits per heavy atom. The monoisotopic (exact) mass is 437 g/mol. The van der Waals surface area contributed by atoms with Crippen molar-refractivity contribution in [1.82, 2.24) is 0 Å². The molecule has 32 heavy (non-hydrogen) atoms. The van der Waals surface area contributed by atoms with Gasteiger partial charge in [-0.1, -0.05) is 0 Å². The zero-order valence-electron chi connectivity index (χ0n) is 18.4. The van der Waals surface area contributed by atoms with Gasteiger partial charge in [0.05, 0.1) is 45.1 Å². The third-order valence-corrected chi connectivity index (χ3v) is 5.08. The van der Waals surface area contributed by atoms with Gasteiger partial charge in [-0.25, -0.2) is 9.59 Å². The van der Waals surface area contributed by atoms with Crippen molar-refractivity contribution >= 4 is 29.6 Å². The molecule has 0 spiro atoms. The molecule has 0 aliphatic carbocycles. The van der Waals surface area contributed by atoms with Crippen LogP contribution in [0.4, 0.5) is 5.69 Å². The van der Waals surface area contributed by atoms with Crippen LogP contribution < -0.4 is 14.4 Å². The molecule has 1 amide bonds. The molecule has 0 unspecified atom stereocenters. The van der Waals surface area contributed by atoms with Crippen LogP contribution >= 0.6 is 0 Å². The van der Waals surface area contributed by atoms with Crippen LogP contribution in [0.2, 0.25) is 0 Å². The summed E-state index contributed by atoms with van der Waals surface area (Å²) in [5, 5.41) is 0. The normalized spacial score (nSPS) is 14.6. The van der Waals surface area contributed by atoms with Crippen LogP contribution in [-0.4, -0.2) is 46.3 Å². The van der Waals surface area contributed by atoms with E-state index in [-0.39, 0.29) is 11.1 Å². The number of ether oxygens (including phenoxy) is 4. The average Bonchev–Trinajstić information content (AvgIpc) is 3.07. The summed E-state index contributed by atoms with van der Waals surface area (Å²) in [7, 11) is 5.59. The maximum atomic E-state index is 13.4. The number of esters is 2. The first-order valence-electron chi connectivity index (χ1n) is 9.62. The van der Waals surface area contributed by atoms with Crippen molar-refractivity contribution in [2.75, 3.05) is 33.3 Å². The van der Waals surface area contributed by atoms with Crippen LogP contribution in [0.5, 0.6) is 11.5 Å². The molecule has 1 aliphatic heterocycles. The largest absolute Gasteiger partial charge is 0.497 e. The van der Waals surface area contributed by atoms with E-state index in [9.17, 15) is 14.4 Å². The Hall–Kier alpha value is -4.07. The molecule has 0 saturated carbocycles. The van der Waals surface area contributed by atoms with Gasteiger partial charge in [0.25, 0.3) is 5.91 Å². The molecule has 0 atom stereocenters. The van der Waals surface area contributed by atoms with E-state index in [0.29, 0.717) is 34.0 Å². The zero-order valence-corrected chi connectivity index (χ0v) is 18.4. The highest BCUT2D eigenvalue weighted by atomic mass is 16.5. The van der Waals surface area contributed by atoms with E-state index < -0.39 is 17.8 Å². The van der Waals surface area contributed by atoms with E-state index >= 15 is 0 Å². The predicted octanol–water partition coefficient (Wildman–Crippen LogP) is 3.37. The number of carbonyl (C=O) groups excluding carboxylic acids is 3. The van der Waals surface area contributed by atoms with Gasteiger partial charge in [-0.15, -0.1) is 0 Å². The van der Waals surface area contributed by atoms with Crippen LogP contribution in [0.15, 0.2) is 59.3 Å². The fourth-order valence-electron chi connectivity index (χ4n) is 3.45. The summed E-state index contributed by atoms with van der Waals surface area (Å²) in [5.74, 6) is -0.463. The lowest BCUT2D eigenvalue weighted by Crippen LogP contribution is -2.24. The van der Waals surface area contributed by atoms with Crippen molar-refractivity contribution in [3.05, 3.63) is 70.4 Å². The van der Waals surface area contributed by atoms with Crippen LogP contribution in [0.25, 0.3) is 6.08 Å². The van der Waals surface area contributed by atoms with Gasteiger partial charge in [0.2, 0.25) is 0 Å². The first kappa shape index (κ1) is 22.6. The molecule has 0 radical (unpaired) electrons. The predicted molar refractivity (Wildman–Crippen MR) is 118 cm³/mol. The number of carbonyl (C=O) groups is 3. The molecule has 0 aromatic heterocycles. The van der Waals surface area contributed by atoms with Gasteiger partial charge in [0.1, 0.15) is 11.5 Å². The van der Waals surface area contributed by atoms with Gasteiger partial charge in [-0.3, -0.25) is 9.69 Å². The molecule has 1 heterocycles. The summed E-state index contributed by atoms with van der Waals surface area (Å²) in [5.41, 5.74) is 2.14. The Balaban J connectivity index is 2.10. The highest BCUT2D eigenvalue weighted by Gasteiger charge is 2.38. The lowest BCUT2D eigenvalue weighted by Gasteiger charge is -2.18. The Labute approximate surface area is 185 Å². The maximum absolute atomic E-state index is 13.4. The van der Waals surface area contributed by atoms with Crippen molar-refractivity contribution in [3.63, 3.8) is 0 Å². The van der Waals surface area contributed by atoms with Crippen molar-refractivity contribution in [1.29, 1.82) is 0 Å². The molecule has 0 N–H and O–H groups in total. The zero-order chi connectivity index (χ0) is 23.4. The molecular formula is C24H23NO7. The molecule has 0 bridgehead atoms. The second-order valence-corrected chi connectivity index (χ2v) is 6.80. The lowest BCUT2D eigenvalue weighted by atomic mass is 10.0. The molecule has 166 valence electrons. The van der Waals surface area contributed by atoms with Crippen LogP contribution in [-0.2, 0) is 19.1 Å². The Morgan fingerprint density at radius 2 is 1.53 bits per heavy atom. The van der Waals surface area contributed by atoms with E-state index in [1.807, 2.05) is 0 Å². The second kappa shape index (κ2) is 9.38. The van der Waals surface area contributed by atoms with Crippen molar-refractivity contribution in [3.8, 4) is 11.5 Å². The minimum atomic E-state index is -0.636. The highest BCUT2D eigenvalue weighted by molar-refractivity contribution is 6.24. The van der Waals surface area contributed by atoms with Gasteiger partial charge in [-0.05, 0) is 49.4 Å². The highest BCUT2D eigenvalue weighted by Crippen LogP contribution is 2.37. The summed E-state index contributed by atoms with van der Waals surface area (Å²) in [6.07, 6.45) is 1.58. The van der Waals surface area contributed by atoms with E-state index in [0.717, 1.165) is 0 Å². The number of hydrogen-bond donors (Lipinski definition) is 0. The minimum Gasteiger partial charge on any atom is -0.497 e. The third-order valence-electron chi connectivity index (χ3n) is 5.08. The van der Waals surface area contributed by atoms with Gasteiger partial charge in [-0.2, -0.15) is 0 Å². The number of nitrogens with zero attached hydrogens (tertiary/aromatic N) is 1. The molecule has 0 saturated heterocycles. The number of amides is 1.